The molecule has 0 aromatic carbocycles. The standard InChI is InChI=1S/C56H106N2O8Si3/c1-19-48(65-68(23-5,24-6)25-7)46(14)53-50(61-53)41-56(18,66-69(26-8,27-9)28-10)35-29-30-44(12)52-45(13)32-34-49(62-54(60)58-38-36-57(37-39-58)42-55(15,16)17)43(11)31-33-47(40-51(59)63-52)64-67(20-2,21-3)22-4/h29-30,32,34-35,43,45-50,52-53H,19-28,31,33,36-42H2,1-18H3. The Morgan fingerprint density at radius 2 is 1.38 bits per heavy atom. The smallest absolute Gasteiger partial charge is 0.410 e. The van der Waals surface area contributed by atoms with Gasteiger partial charge >= 0.3 is 12.1 Å². The van der Waals surface area contributed by atoms with Crippen LogP contribution in [-0.4, -0.2) is 122 Å². The van der Waals surface area contributed by atoms with Crippen LogP contribution in [0.5, 0.6) is 0 Å². The van der Waals surface area contributed by atoms with E-state index in [2.05, 4.69) is 160 Å². The number of piperazine rings is 1. The van der Waals surface area contributed by atoms with Crippen LogP contribution in [0.1, 0.15) is 157 Å². The molecule has 3 aliphatic heterocycles. The van der Waals surface area contributed by atoms with E-state index in [1.807, 2.05) is 4.90 Å². The van der Waals surface area contributed by atoms with E-state index in [1.54, 1.807) is 0 Å². The highest BCUT2D eigenvalue weighted by Gasteiger charge is 2.51. The molecule has 2 saturated heterocycles. The van der Waals surface area contributed by atoms with Gasteiger partial charge in [-0.2, -0.15) is 0 Å². The first-order valence-corrected chi connectivity index (χ1v) is 35.7. The first-order valence-electron chi connectivity index (χ1n) is 28.1. The van der Waals surface area contributed by atoms with Gasteiger partial charge in [0.1, 0.15) is 12.2 Å². The van der Waals surface area contributed by atoms with E-state index in [-0.39, 0.29) is 60.2 Å². The summed E-state index contributed by atoms with van der Waals surface area (Å²) >= 11 is 0. The summed E-state index contributed by atoms with van der Waals surface area (Å²) in [4.78, 5) is 32.3. The zero-order valence-electron chi connectivity index (χ0n) is 47.7. The average Bonchev–Trinajstić information content (AvgIpc) is 4.10. The second-order valence-corrected chi connectivity index (χ2v) is 37.1. The van der Waals surface area contributed by atoms with Gasteiger partial charge in [0.15, 0.2) is 25.0 Å². The van der Waals surface area contributed by atoms with E-state index in [4.69, 9.17) is 27.5 Å². The Morgan fingerprint density at radius 1 is 0.812 bits per heavy atom. The third kappa shape index (κ3) is 18.4. The van der Waals surface area contributed by atoms with Gasteiger partial charge in [0.2, 0.25) is 0 Å². The topological polar surface area (TPSA) is 99.3 Å². The minimum atomic E-state index is -2.05. The number of carbonyl (C=O) groups excluding carboxylic acids is 2. The molecule has 3 aliphatic rings. The van der Waals surface area contributed by atoms with Crippen molar-refractivity contribution in [1.29, 1.82) is 0 Å². The minimum Gasteiger partial charge on any atom is -0.457 e. The van der Waals surface area contributed by atoms with Crippen molar-refractivity contribution in [3.8, 4) is 0 Å². The Labute approximate surface area is 427 Å². The Morgan fingerprint density at radius 3 is 1.90 bits per heavy atom. The van der Waals surface area contributed by atoms with Crippen molar-refractivity contribution >= 4 is 37.0 Å². The van der Waals surface area contributed by atoms with Crippen LogP contribution < -0.4 is 0 Å². The van der Waals surface area contributed by atoms with Crippen LogP contribution in [0.25, 0.3) is 0 Å². The Hall–Kier alpha value is -1.59. The first-order chi connectivity index (χ1) is 32.5. The number of carbonyl (C=O) groups is 2. The van der Waals surface area contributed by atoms with Crippen molar-refractivity contribution < 1.29 is 37.1 Å². The van der Waals surface area contributed by atoms with Crippen LogP contribution in [-0.2, 0) is 32.3 Å². The maximum Gasteiger partial charge on any atom is 0.410 e. The molecule has 0 N–H and O–H groups in total. The fourth-order valence-electron chi connectivity index (χ4n) is 11.2. The summed E-state index contributed by atoms with van der Waals surface area (Å²) in [7, 11) is -5.85. The molecule has 0 aromatic heterocycles. The van der Waals surface area contributed by atoms with Gasteiger partial charge in [-0.15, -0.1) is 0 Å². The maximum atomic E-state index is 14.1. The number of cyclic esters (lactones) is 1. The summed E-state index contributed by atoms with van der Waals surface area (Å²) < 4.78 is 41.0. The van der Waals surface area contributed by atoms with Crippen molar-refractivity contribution in [3.63, 3.8) is 0 Å². The van der Waals surface area contributed by atoms with Gasteiger partial charge in [0.25, 0.3) is 0 Å². The predicted molar refractivity (Wildman–Crippen MR) is 295 cm³/mol. The maximum absolute atomic E-state index is 14.1. The van der Waals surface area contributed by atoms with Crippen LogP contribution in [0.15, 0.2) is 36.0 Å². The number of rotatable bonds is 25. The quantitative estimate of drug-likeness (QED) is 0.0291. The van der Waals surface area contributed by atoms with Crippen molar-refractivity contribution in [2.45, 2.75) is 253 Å². The molecule has 2 fully saturated rings. The molecule has 0 radical (unpaired) electrons. The van der Waals surface area contributed by atoms with Gasteiger partial charge < -0.3 is 32.4 Å². The van der Waals surface area contributed by atoms with Crippen molar-refractivity contribution in [1.82, 2.24) is 9.80 Å². The molecule has 10 nitrogen and oxygen atoms in total. The number of epoxide rings is 1. The van der Waals surface area contributed by atoms with E-state index in [9.17, 15) is 9.59 Å². The molecular formula is C56H106N2O8Si3. The number of nitrogens with zero attached hydrogens (tertiary/aromatic N) is 2. The molecule has 0 bridgehead atoms. The van der Waals surface area contributed by atoms with Crippen LogP contribution in [0.2, 0.25) is 54.4 Å². The SMILES string of the molecule is CCC(O[Si](CC)(CC)CC)C(C)C1OC1CC(C)(C=CC=C(C)C1OC(=O)CC(O[Si](CC)(CC)CC)CCC(C)C(OC(=O)N2CCN(CC(C)(C)C)CC2)C=CC1C)O[Si](CC)(CC)CC. The molecule has 3 rings (SSSR count). The number of hydrogen-bond acceptors (Lipinski definition) is 9. The van der Waals surface area contributed by atoms with Gasteiger partial charge in [-0.25, -0.2) is 4.79 Å². The van der Waals surface area contributed by atoms with E-state index in [1.165, 1.54) is 0 Å². The zero-order chi connectivity index (χ0) is 51.8. The zero-order valence-corrected chi connectivity index (χ0v) is 50.7. The lowest BCUT2D eigenvalue weighted by Crippen LogP contribution is -2.51. The van der Waals surface area contributed by atoms with Gasteiger partial charge in [-0.3, -0.25) is 9.69 Å². The van der Waals surface area contributed by atoms with Gasteiger partial charge in [0.05, 0.1) is 30.3 Å². The lowest BCUT2D eigenvalue weighted by molar-refractivity contribution is -0.150. The van der Waals surface area contributed by atoms with E-state index >= 15 is 0 Å². The van der Waals surface area contributed by atoms with Crippen LogP contribution in [0.3, 0.4) is 0 Å². The molecule has 0 aliphatic carbocycles. The molecule has 400 valence electrons. The summed E-state index contributed by atoms with van der Waals surface area (Å²) in [6.45, 7) is 44.4. The molecule has 1 amide bonds. The van der Waals surface area contributed by atoms with E-state index in [0.29, 0.717) is 25.4 Å². The van der Waals surface area contributed by atoms with E-state index < -0.39 is 42.8 Å². The number of ether oxygens (including phenoxy) is 3. The van der Waals surface area contributed by atoms with E-state index in [0.717, 1.165) is 98.9 Å². The van der Waals surface area contributed by atoms with Gasteiger partial charge in [-0.1, -0.05) is 135 Å². The lowest BCUT2D eigenvalue weighted by atomic mass is 9.91. The highest BCUT2D eigenvalue weighted by atomic mass is 28.4. The number of hydrogen-bond donors (Lipinski definition) is 0. The molecule has 0 spiro atoms. The summed E-state index contributed by atoms with van der Waals surface area (Å²) in [6, 6.07) is 9.61. The normalized spacial score (nSPS) is 27.0. The minimum absolute atomic E-state index is 0.0284. The third-order valence-corrected chi connectivity index (χ3v) is 31.0. The summed E-state index contributed by atoms with van der Waals surface area (Å²) in [5.74, 6) is -0.0842. The van der Waals surface area contributed by atoms with Crippen LogP contribution in [0, 0.1) is 23.2 Å². The number of esters is 1. The molecule has 10 atom stereocenters. The first kappa shape index (κ1) is 61.7. The molecule has 10 unspecified atom stereocenters. The molecule has 69 heavy (non-hydrogen) atoms. The Kier molecular flexibility index (Phi) is 25.2. The number of amides is 1. The summed E-state index contributed by atoms with van der Waals surface area (Å²) in [6.07, 6.45) is 13.0. The van der Waals surface area contributed by atoms with Gasteiger partial charge in [0, 0.05) is 57.1 Å². The highest BCUT2D eigenvalue weighted by molar-refractivity contribution is 6.74. The molecular weight excluding hydrogens is 913 g/mol. The predicted octanol–water partition coefficient (Wildman–Crippen LogP) is 14.3. The monoisotopic (exact) mass is 1020 g/mol. The van der Waals surface area contributed by atoms with Crippen molar-refractivity contribution in [2.24, 2.45) is 23.2 Å². The molecule has 0 saturated carbocycles. The third-order valence-electron chi connectivity index (χ3n) is 16.9. The van der Waals surface area contributed by atoms with Crippen molar-refractivity contribution in [2.75, 3.05) is 32.7 Å². The summed E-state index contributed by atoms with van der Waals surface area (Å²) in [5.41, 5.74) is 0.608. The van der Waals surface area contributed by atoms with Crippen LogP contribution >= 0.6 is 0 Å². The fourth-order valence-corrected chi connectivity index (χ4v) is 20.2. The fraction of sp³-hybridized carbons (Fsp3) is 0.857. The average molecular weight is 1020 g/mol. The van der Waals surface area contributed by atoms with Crippen molar-refractivity contribution in [3.05, 3.63) is 36.0 Å². The highest BCUT2D eigenvalue weighted by Crippen LogP contribution is 2.43. The molecule has 3 heterocycles. The Bertz CT molecular complexity index is 1610. The largest absolute Gasteiger partial charge is 0.457 e. The second kappa shape index (κ2) is 28.2. The van der Waals surface area contributed by atoms with Gasteiger partial charge in [-0.05, 0) is 110 Å². The number of allylic oxidation sites excluding steroid dienone is 2. The second-order valence-electron chi connectivity index (χ2n) is 23.0. The molecule has 13 heteroatoms. The molecule has 0 aromatic rings. The Balaban J connectivity index is 1.97. The lowest BCUT2D eigenvalue weighted by Gasteiger charge is -2.39. The van der Waals surface area contributed by atoms with Crippen LogP contribution in [0.4, 0.5) is 4.79 Å². The summed E-state index contributed by atoms with van der Waals surface area (Å²) in [5, 5.41) is 0.